The number of methoxy groups -OCH3 is 2. The third-order valence-corrected chi connectivity index (χ3v) is 2.89. The van der Waals surface area contributed by atoms with E-state index in [1.165, 1.54) is 5.56 Å². The van der Waals surface area contributed by atoms with Crippen LogP contribution in [0, 0.1) is 0 Å². The zero-order valence-electron chi connectivity index (χ0n) is 12.2. The average molecular weight is 284 g/mol. The SMILES string of the molecule is COCOc1ccc(CC[C@@H](CCO)OCOC)cc1. The van der Waals surface area contributed by atoms with Crippen LogP contribution in [0.15, 0.2) is 24.3 Å². The quantitative estimate of drug-likeness (QED) is 0.630. The Morgan fingerprint density at radius 1 is 1.00 bits per heavy atom. The maximum Gasteiger partial charge on any atom is 0.188 e. The first-order valence-corrected chi connectivity index (χ1v) is 6.72. The normalized spacial score (nSPS) is 12.3. The second-order valence-electron chi connectivity index (χ2n) is 4.44. The van der Waals surface area contributed by atoms with Crippen LogP contribution in [0.1, 0.15) is 18.4 Å². The van der Waals surface area contributed by atoms with Gasteiger partial charge in [-0.1, -0.05) is 12.1 Å². The molecule has 0 aliphatic rings. The number of aryl methyl sites for hydroxylation is 1. The van der Waals surface area contributed by atoms with Crippen molar-refractivity contribution in [3.05, 3.63) is 29.8 Å². The van der Waals surface area contributed by atoms with Gasteiger partial charge in [-0.05, 0) is 37.0 Å². The van der Waals surface area contributed by atoms with Gasteiger partial charge in [-0.3, -0.25) is 0 Å². The van der Waals surface area contributed by atoms with Gasteiger partial charge in [0.15, 0.2) is 6.79 Å². The van der Waals surface area contributed by atoms with Crippen LogP contribution in [0.5, 0.6) is 5.75 Å². The van der Waals surface area contributed by atoms with Crippen LogP contribution in [0.3, 0.4) is 0 Å². The van der Waals surface area contributed by atoms with Crippen molar-refractivity contribution in [3.8, 4) is 5.75 Å². The summed E-state index contributed by atoms with van der Waals surface area (Å²) in [4.78, 5) is 0. The minimum absolute atomic E-state index is 0.0179. The van der Waals surface area contributed by atoms with Crippen LogP contribution < -0.4 is 4.74 Å². The molecular formula is C15H24O5. The summed E-state index contributed by atoms with van der Waals surface area (Å²) in [5.74, 6) is 0.790. The van der Waals surface area contributed by atoms with Gasteiger partial charge in [0.1, 0.15) is 12.5 Å². The van der Waals surface area contributed by atoms with Crippen LogP contribution in [0.2, 0.25) is 0 Å². The Labute approximate surface area is 120 Å². The minimum Gasteiger partial charge on any atom is -0.468 e. The number of aliphatic hydroxyl groups is 1. The van der Waals surface area contributed by atoms with Gasteiger partial charge in [0.25, 0.3) is 0 Å². The highest BCUT2D eigenvalue weighted by molar-refractivity contribution is 5.27. The van der Waals surface area contributed by atoms with Crippen molar-refractivity contribution in [2.24, 2.45) is 0 Å². The van der Waals surface area contributed by atoms with Crippen LogP contribution in [0.25, 0.3) is 0 Å². The van der Waals surface area contributed by atoms with Crippen LogP contribution in [-0.2, 0) is 20.6 Å². The molecule has 1 N–H and O–H groups in total. The Morgan fingerprint density at radius 3 is 2.30 bits per heavy atom. The largest absolute Gasteiger partial charge is 0.468 e. The predicted octanol–water partition coefficient (Wildman–Crippen LogP) is 1.97. The van der Waals surface area contributed by atoms with E-state index in [-0.39, 0.29) is 26.3 Å². The molecule has 0 saturated carbocycles. The molecular weight excluding hydrogens is 260 g/mol. The summed E-state index contributed by atoms with van der Waals surface area (Å²) in [6.07, 6.45) is 2.38. The maximum atomic E-state index is 9.00. The van der Waals surface area contributed by atoms with Gasteiger partial charge in [0, 0.05) is 20.8 Å². The van der Waals surface area contributed by atoms with E-state index in [0.717, 1.165) is 18.6 Å². The summed E-state index contributed by atoms with van der Waals surface area (Å²) in [5, 5.41) is 9.00. The molecule has 1 aromatic rings. The summed E-state index contributed by atoms with van der Waals surface area (Å²) >= 11 is 0. The van der Waals surface area contributed by atoms with E-state index in [9.17, 15) is 0 Å². The molecule has 0 spiro atoms. The molecule has 0 saturated heterocycles. The molecule has 1 aromatic carbocycles. The Hall–Kier alpha value is -1.14. The van der Waals surface area contributed by atoms with E-state index in [2.05, 4.69) is 0 Å². The molecule has 114 valence electrons. The highest BCUT2D eigenvalue weighted by atomic mass is 16.7. The van der Waals surface area contributed by atoms with Gasteiger partial charge < -0.3 is 24.1 Å². The Balaban J connectivity index is 2.38. The van der Waals surface area contributed by atoms with E-state index < -0.39 is 0 Å². The molecule has 0 amide bonds. The van der Waals surface area contributed by atoms with Crippen LogP contribution in [0.4, 0.5) is 0 Å². The van der Waals surface area contributed by atoms with Gasteiger partial charge in [-0.2, -0.15) is 0 Å². The van der Waals surface area contributed by atoms with E-state index in [1.54, 1.807) is 14.2 Å². The topological polar surface area (TPSA) is 57.2 Å². The van der Waals surface area contributed by atoms with Crippen molar-refractivity contribution < 1.29 is 24.1 Å². The summed E-state index contributed by atoms with van der Waals surface area (Å²) in [5.41, 5.74) is 1.21. The molecule has 0 unspecified atom stereocenters. The molecule has 1 rings (SSSR count). The number of hydrogen-bond acceptors (Lipinski definition) is 5. The molecule has 0 fully saturated rings. The van der Waals surface area contributed by atoms with Crippen molar-refractivity contribution in [1.29, 1.82) is 0 Å². The van der Waals surface area contributed by atoms with Gasteiger partial charge in [0.2, 0.25) is 0 Å². The first kappa shape index (κ1) is 16.9. The number of aliphatic hydroxyl groups excluding tert-OH is 1. The molecule has 0 radical (unpaired) electrons. The molecule has 0 heterocycles. The van der Waals surface area contributed by atoms with Crippen molar-refractivity contribution in [2.75, 3.05) is 34.4 Å². The van der Waals surface area contributed by atoms with Crippen molar-refractivity contribution >= 4 is 0 Å². The zero-order valence-corrected chi connectivity index (χ0v) is 12.2. The fourth-order valence-corrected chi connectivity index (χ4v) is 1.83. The summed E-state index contributed by atoms with van der Waals surface area (Å²) in [6.45, 7) is 0.634. The summed E-state index contributed by atoms with van der Waals surface area (Å²) < 4.78 is 20.6. The van der Waals surface area contributed by atoms with Crippen LogP contribution in [-0.4, -0.2) is 45.6 Å². The predicted molar refractivity (Wildman–Crippen MR) is 75.7 cm³/mol. The molecule has 5 nitrogen and oxygen atoms in total. The number of hydrogen-bond donors (Lipinski definition) is 1. The lowest BCUT2D eigenvalue weighted by atomic mass is 10.1. The van der Waals surface area contributed by atoms with Gasteiger partial charge in [0.05, 0.1) is 6.10 Å². The van der Waals surface area contributed by atoms with Crippen LogP contribution >= 0.6 is 0 Å². The monoisotopic (exact) mass is 284 g/mol. The third-order valence-electron chi connectivity index (χ3n) is 2.89. The maximum absolute atomic E-state index is 9.00. The number of benzene rings is 1. The number of rotatable bonds is 11. The standard InChI is InChI=1S/C15H24O5/c1-17-11-19-14-6-3-13(4-7-14)5-8-15(9-10-16)20-12-18-2/h3-4,6-7,15-16H,5,8-12H2,1-2H3/t15-/m0/s1. The highest BCUT2D eigenvalue weighted by Gasteiger charge is 2.09. The van der Waals surface area contributed by atoms with Crippen molar-refractivity contribution in [1.82, 2.24) is 0 Å². The van der Waals surface area contributed by atoms with Gasteiger partial charge in [-0.15, -0.1) is 0 Å². The zero-order chi connectivity index (χ0) is 14.6. The summed E-state index contributed by atoms with van der Waals surface area (Å²) in [7, 11) is 3.18. The second-order valence-corrected chi connectivity index (χ2v) is 4.44. The number of ether oxygens (including phenoxy) is 4. The lowest BCUT2D eigenvalue weighted by Crippen LogP contribution is -2.17. The van der Waals surface area contributed by atoms with E-state index in [0.29, 0.717) is 6.42 Å². The Bertz CT molecular complexity index is 339. The molecule has 1 atom stereocenters. The smallest absolute Gasteiger partial charge is 0.188 e. The fraction of sp³-hybridized carbons (Fsp3) is 0.600. The Kier molecular flexibility index (Phi) is 8.98. The first-order valence-electron chi connectivity index (χ1n) is 6.72. The first-order chi connectivity index (χ1) is 9.80. The second kappa shape index (κ2) is 10.6. The van der Waals surface area contributed by atoms with Crippen molar-refractivity contribution in [3.63, 3.8) is 0 Å². The lowest BCUT2D eigenvalue weighted by molar-refractivity contribution is -0.0796. The molecule has 20 heavy (non-hydrogen) atoms. The molecule has 0 aliphatic heterocycles. The lowest BCUT2D eigenvalue weighted by Gasteiger charge is -2.16. The van der Waals surface area contributed by atoms with Gasteiger partial charge in [-0.25, -0.2) is 0 Å². The van der Waals surface area contributed by atoms with E-state index >= 15 is 0 Å². The molecule has 5 heteroatoms. The molecule has 0 bridgehead atoms. The molecule has 0 aromatic heterocycles. The van der Waals surface area contributed by atoms with Gasteiger partial charge >= 0.3 is 0 Å². The Morgan fingerprint density at radius 2 is 1.70 bits per heavy atom. The summed E-state index contributed by atoms with van der Waals surface area (Å²) in [6, 6.07) is 7.89. The van der Waals surface area contributed by atoms with Crippen molar-refractivity contribution in [2.45, 2.75) is 25.4 Å². The average Bonchev–Trinajstić information content (AvgIpc) is 2.49. The van der Waals surface area contributed by atoms with E-state index in [1.807, 2.05) is 24.3 Å². The van der Waals surface area contributed by atoms with E-state index in [4.69, 9.17) is 24.1 Å². The highest BCUT2D eigenvalue weighted by Crippen LogP contribution is 2.15. The minimum atomic E-state index is 0.0179. The molecule has 0 aliphatic carbocycles. The third kappa shape index (κ3) is 6.86. The fourth-order valence-electron chi connectivity index (χ4n) is 1.83.